The van der Waals surface area contributed by atoms with E-state index in [1.165, 1.54) is 6.07 Å². The number of anilines is 1. The molecule has 0 aromatic heterocycles. The third-order valence-corrected chi connectivity index (χ3v) is 5.31. The number of halogens is 4. The molecule has 0 saturated heterocycles. The second-order valence-electron chi connectivity index (χ2n) is 7.27. The number of hydrogen-bond donors (Lipinski definition) is 3. The van der Waals surface area contributed by atoms with Crippen molar-refractivity contribution in [3.8, 4) is 5.75 Å². The zero-order valence-corrected chi connectivity index (χ0v) is 17.1. The first kappa shape index (κ1) is 22.7. The minimum atomic E-state index is -4.61. The molecule has 0 bridgehead atoms. The summed E-state index contributed by atoms with van der Waals surface area (Å²) in [4.78, 5) is 23.3. The highest BCUT2D eigenvalue weighted by molar-refractivity contribution is 6.31. The van der Waals surface area contributed by atoms with Gasteiger partial charge in [-0.05, 0) is 68.1 Å². The van der Waals surface area contributed by atoms with E-state index in [1.54, 1.807) is 24.3 Å². The summed E-state index contributed by atoms with van der Waals surface area (Å²) < 4.78 is 44.7. The third-order valence-electron chi connectivity index (χ3n) is 4.98. The fourth-order valence-corrected chi connectivity index (χ4v) is 3.61. The number of benzene rings is 2. The summed E-state index contributed by atoms with van der Waals surface area (Å²) >= 11 is 5.59. The van der Waals surface area contributed by atoms with E-state index in [4.69, 9.17) is 22.1 Å². The van der Waals surface area contributed by atoms with Crippen LogP contribution < -0.4 is 21.1 Å². The Balaban J connectivity index is 1.47. The second-order valence-corrected chi connectivity index (χ2v) is 7.68. The molecule has 166 valence electrons. The Hall–Kier alpha value is -2.94. The molecule has 3 rings (SSSR count). The van der Waals surface area contributed by atoms with Gasteiger partial charge in [-0.3, -0.25) is 4.79 Å². The van der Waals surface area contributed by atoms with Crippen LogP contribution in [0, 0.1) is 0 Å². The van der Waals surface area contributed by atoms with Crippen molar-refractivity contribution >= 4 is 29.2 Å². The van der Waals surface area contributed by atoms with Crippen LogP contribution in [0.5, 0.6) is 5.75 Å². The van der Waals surface area contributed by atoms with Gasteiger partial charge in [0.1, 0.15) is 5.75 Å². The smallest absolute Gasteiger partial charge is 0.417 e. The van der Waals surface area contributed by atoms with Crippen molar-refractivity contribution in [2.75, 3.05) is 5.32 Å². The average Bonchev–Trinajstić information content (AvgIpc) is 2.70. The number of alkyl halides is 3. The highest BCUT2D eigenvalue weighted by atomic mass is 35.5. The Bertz CT molecular complexity index is 943. The molecule has 10 heteroatoms. The summed E-state index contributed by atoms with van der Waals surface area (Å²) in [7, 11) is 0. The summed E-state index contributed by atoms with van der Waals surface area (Å²) in [5.74, 6) is 0.118. The molecule has 0 radical (unpaired) electrons. The summed E-state index contributed by atoms with van der Waals surface area (Å²) in [6, 6.07) is 9.05. The van der Waals surface area contributed by atoms with Crippen molar-refractivity contribution < 1.29 is 27.5 Å². The van der Waals surface area contributed by atoms with Crippen molar-refractivity contribution in [2.24, 2.45) is 5.73 Å². The third kappa shape index (κ3) is 6.27. The number of nitrogens with one attached hydrogen (secondary N) is 2. The Labute approximate surface area is 181 Å². The molecule has 1 aliphatic carbocycles. The van der Waals surface area contributed by atoms with Crippen LogP contribution in [0.4, 0.5) is 23.7 Å². The molecule has 3 amide bonds. The van der Waals surface area contributed by atoms with Crippen LogP contribution in [0.15, 0.2) is 42.5 Å². The summed E-state index contributed by atoms with van der Waals surface area (Å²) in [5.41, 5.74) is 4.61. The Morgan fingerprint density at radius 2 is 1.68 bits per heavy atom. The van der Waals surface area contributed by atoms with E-state index in [2.05, 4.69) is 10.6 Å². The van der Waals surface area contributed by atoms with E-state index in [0.29, 0.717) is 37.0 Å². The van der Waals surface area contributed by atoms with E-state index in [9.17, 15) is 22.8 Å². The van der Waals surface area contributed by atoms with Crippen LogP contribution in [0.2, 0.25) is 5.02 Å². The first-order valence-corrected chi connectivity index (χ1v) is 10.0. The number of hydrogen-bond acceptors (Lipinski definition) is 3. The number of ether oxygens (including phenoxy) is 1. The molecule has 2 aromatic rings. The molecule has 0 spiro atoms. The lowest BCUT2D eigenvalue weighted by molar-refractivity contribution is -0.137. The van der Waals surface area contributed by atoms with Crippen LogP contribution in [0.25, 0.3) is 0 Å². The molecular formula is C21H21ClF3N3O3. The first-order valence-electron chi connectivity index (χ1n) is 9.62. The summed E-state index contributed by atoms with van der Waals surface area (Å²) in [6.07, 6.45) is -1.93. The van der Waals surface area contributed by atoms with E-state index in [1.807, 2.05) is 0 Å². The molecule has 0 aliphatic heterocycles. The van der Waals surface area contributed by atoms with Crippen molar-refractivity contribution in [3.05, 3.63) is 58.6 Å². The van der Waals surface area contributed by atoms with Gasteiger partial charge in [0.05, 0.1) is 16.7 Å². The van der Waals surface area contributed by atoms with E-state index >= 15 is 0 Å². The van der Waals surface area contributed by atoms with E-state index < -0.39 is 28.7 Å². The molecule has 0 unspecified atom stereocenters. The number of amides is 3. The van der Waals surface area contributed by atoms with E-state index in [-0.39, 0.29) is 17.8 Å². The maximum Gasteiger partial charge on any atom is 0.417 e. The van der Waals surface area contributed by atoms with Crippen molar-refractivity contribution in [2.45, 2.75) is 44.0 Å². The Morgan fingerprint density at radius 1 is 1.03 bits per heavy atom. The van der Waals surface area contributed by atoms with Gasteiger partial charge in [-0.25, -0.2) is 4.79 Å². The topological polar surface area (TPSA) is 93.5 Å². The maximum absolute atomic E-state index is 12.9. The lowest BCUT2D eigenvalue weighted by Gasteiger charge is -2.29. The normalized spacial score (nSPS) is 18.8. The molecule has 1 fully saturated rings. The maximum atomic E-state index is 12.9. The number of urea groups is 1. The quantitative estimate of drug-likeness (QED) is 0.594. The highest BCUT2D eigenvalue weighted by Gasteiger charge is 2.33. The van der Waals surface area contributed by atoms with Crippen LogP contribution in [0.3, 0.4) is 0 Å². The predicted molar refractivity (Wildman–Crippen MR) is 110 cm³/mol. The molecule has 4 N–H and O–H groups in total. The van der Waals surface area contributed by atoms with Gasteiger partial charge < -0.3 is 21.1 Å². The van der Waals surface area contributed by atoms with Gasteiger partial charge in [0.25, 0.3) is 0 Å². The fourth-order valence-electron chi connectivity index (χ4n) is 3.39. The lowest BCUT2D eigenvalue weighted by atomic mass is 9.93. The van der Waals surface area contributed by atoms with Crippen LogP contribution in [0.1, 0.15) is 41.6 Å². The molecule has 31 heavy (non-hydrogen) atoms. The molecular weight excluding hydrogens is 435 g/mol. The molecule has 0 heterocycles. The lowest BCUT2D eigenvalue weighted by Crippen LogP contribution is -2.41. The molecule has 0 atom stereocenters. The molecule has 1 aliphatic rings. The number of primary amides is 1. The van der Waals surface area contributed by atoms with Gasteiger partial charge in [-0.1, -0.05) is 11.6 Å². The number of carbonyl (C=O) groups is 2. The van der Waals surface area contributed by atoms with Crippen LogP contribution in [-0.2, 0) is 6.18 Å². The SMILES string of the molecule is NC(=O)c1ccc(OC2CCC(NC(=O)Nc3ccc(Cl)c(C(F)(F)F)c3)CC2)cc1. The van der Waals surface area contributed by atoms with Gasteiger partial charge in [-0.2, -0.15) is 13.2 Å². The van der Waals surface area contributed by atoms with Gasteiger partial charge >= 0.3 is 12.2 Å². The van der Waals surface area contributed by atoms with Crippen LogP contribution >= 0.6 is 11.6 Å². The second kappa shape index (κ2) is 9.47. The average molecular weight is 456 g/mol. The van der Waals surface area contributed by atoms with Crippen molar-refractivity contribution in [3.63, 3.8) is 0 Å². The van der Waals surface area contributed by atoms with Gasteiger partial charge in [0.15, 0.2) is 0 Å². The van der Waals surface area contributed by atoms with Crippen molar-refractivity contribution in [1.29, 1.82) is 0 Å². The monoisotopic (exact) mass is 455 g/mol. The van der Waals surface area contributed by atoms with E-state index in [0.717, 1.165) is 12.1 Å². The van der Waals surface area contributed by atoms with Gasteiger partial charge in [0, 0.05) is 17.3 Å². The Morgan fingerprint density at radius 3 is 2.26 bits per heavy atom. The van der Waals surface area contributed by atoms with Crippen LogP contribution in [-0.4, -0.2) is 24.1 Å². The van der Waals surface area contributed by atoms with Crippen molar-refractivity contribution in [1.82, 2.24) is 5.32 Å². The van der Waals surface area contributed by atoms with Gasteiger partial charge in [-0.15, -0.1) is 0 Å². The largest absolute Gasteiger partial charge is 0.490 e. The number of rotatable bonds is 5. The zero-order chi connectivity index (χ0) is 22.6. The Kier molecular flexibility index (Phi) is 6.94. The van der Waals surface area contributed by atoms with Gasteiger partial charge in [0.2, 0.25) is 5.91 Å². The first-order chi connectivity index (χ1) is 14.6. The zero-order valence-electron chi connectivity index (χ0n) is 16.3. The highest BCUT2D eigenvalue weighted by Crippen LogP contribution is 2.36. The standard InChI is InChI=1S/C21H21ClF3N3O3/c22-18-10-5-14(11-17(18)21(23,24)25)28-20(30)27-13-3-8-16(9-4-13)31-15-6-1-12(2-7-15)19(26)29/h1-2,5-7,10-11,13,16H,3-4,8-9H2,(H2,26,29)(H2,27,28,30). The minimum Gasteiger partial charge on any atom is -0.490 e. The fraction of sp³-hybridized carbons (Fsp3) is 0.333. The predicted octanol–water partition coefficient (Wildman–Crippen LogP) is 4.97. The summed E-state index contributed by atoms with van der Waals surface area (Å²) in [5, 5.41) is 4.76. The number of nitrogens with two attached hydrogens (primary N) is 1. The number of carbonyl (C=O) groups excluding carboxylic acids is 2. The minimum absolute atomic E-state index is 0.00523. The molecule has 6 nitrogen and oxygen atoms in total. The molecule has 2 aromatic carbocycles. The summed E-state index contributed by atoms with van der Waals surface area (Å²) in [6.45, 7) is 0. The molecule has 1 saturated carbocycles.